The number of nitrogens with zero attached hydrogens (tertiary/aromatic N) is 2. The topological polar surface area (TPSA) is 65.0 Å². The van der Waals surface area contributed by atoms with E-state index in [1.165, 1.54) is 0 Å². The summed E-state index contributed by atoms with van der Waals surface area (Å²) in [5, 5.41) is 12.4. The molecule has 6 nitrogen and oxygen atoms in total. The van der Waals surface area contributed by atoms with Gasteiger partial charge in [0.05, 0.1) is 13.7 Å². The predicted molar refractivity (Wildman–Crippen MR) is 102 cm³/mol. The molecule has 2 aromatic rings. The highest BCUT2D eigenvalue weighted by molar-refractivity contribution is 5.78. The largest absolute Gasteiger partial charge is 0.508 e. The Hall–Kier alpha value is -2.73. The van der Waals surface area contributed by atoms with E-state index in [9.17, 15) is 9.90 Å². The molecule has 2 aromatic carbocycles. The number of carbonyl (C=O) groups excluding carboxylic acids is 1. The lowest BCUT2D eigenvalue weighted by Crippen LogP contribution is -2.49. The third kappa shape index (κ3) is 4.67. The molecule has 138 valence electrons. The highest BCUT2D eigenvalue weighted by Crippen LogP contribution is 2.20. The first-order chi connectivity index (χ1) is 12.7. The molecule has 26 heavy (non-hydrogen) atoms. The van der Waals surface area contributed by atoms with Gasteiger partial charge in [0.15, 0.2) is 0 Å². The zero-order valence-corrected chi connectivity index (χ0v) is 15.0. The van der Waals surface area contributed by atoms with Crippen molar-refractivity contribution in [2.75, 3.05) is 44.7 Å². The van der Waals surface area contributed by atoms with Gasteiger partial charge in [-0.05, 0) is 30.3 Å². The molecule has 2 N–H and O–H groups in total. The minimum absolute atomic E-state index is 0.0222. The Kier molecular flexibility index (Phi) is 5.96. The van der Waals surface area contributed by atoms with Crippen molar-refractivity contribution in [3.05, 3.63) is 54.1 Å². The van der Waals surface area contributed by atoms with Gasteiger partial charge < -0.3 is 20.1 Å². The highest BCUT2D eigenvalue weighted by Gasteiger charge is 2.19. The van der Waals surface area contributed by atoms with Gasteiger partial charge in [-0.3, -0.25) is 9.69 Å². The molecule has 3 rings (SSSR count). The molecule has 1 amide bonds. The summed E-state index contributed by atoms with van der Waals surface area (Å²) in [6.07, 6.45) is 0. The molecule has 1 heterocycles. The standard InChI is InChI=1S/C20H25N3O3/c1-26-19-5-3-2-4-16(19)14-21-20(25)15-22-10-12-23(13-11-22)17-6-8-18(24)9-7-17/h2-9,24H,10-15H2,1H3,(H,21,25). The molecule has 0 unspecified atom stereocenters. The fraction of sp³-hybridized carbons (Fsp3) is 0.350. The van der Waals surface area contributed by atoms with Crippen molar-refractivity contribution in [1.29, 1.82) is 0 Å². The zero-order chi connectivity index (χ0) is 18.4. The average Bonchev–Trinajstić information content (AvgIpc) is 2.68. The summed E-state index contributed by atoms with van der Waals surface area (Å²) in [6, 6.07) is 14.9. The van der Waals surface area contributed by atoms with Crippen molar-refractivity contribution >= 4 is 11.6 Å². The Labute approximate surface area is 154 Å². The summed E-state index contributed by atoms with van der Waals surface area (Å²) in [6.45, 7) is 4.27. The smallest absolute Gasteiger partial charge is 0.234 e. The maximum Gasteiger partial charge on any atom is 0.234 e. The molecular formula is C20H25N3O3. The summed E-state index contributed by atoms with van der Waals surface area (Å²) < 4.78 is 5.31. The van der Waals surface area contributed by atoms with E-state index in [1.54, 1.807) is 19.2 Å². The van der Waals surface area contributed by atoms with Gasteiger partial charge in [0.25, 0.3) is 0 Å². The fourth-order valence-corrected chi connectivity index (χ4v) is 3.13. The monoisotopic (exact) mass is 355 g/mol. The minimum atomic E-state index is 0.0222. The number of hydrogen-bond acceptors (Lipinski definition) is 5. The van der Waals surface area contributed by atoms with Crippen LogP contribution in [0.5, 0.6) is 11.5 Å². The average molecular weight is 355 g/mol. The van der Waals surface area contributed by atoms with Gasteiger partial charge in [-0.1, -0.05) is 18.2 Å². The molecule has 0 aliphatic carbocycles. The van der Waals surface area contributed by atoms with E-state index in [1.807, 2.05) is 36.4 Å². The summed E-state index contributed by atoms with van der Waals surface area (Å²) >= 11 is 0. The van der Waals surface area contributed by atoms with Crippen LogP contribution in [0.15, 0.2) is 48.5 Å². The van der Waals surface area contributed by atoms with Crippen LogP contribution in [0, 0.1) is 0 Å². The Balaban J connectivity index is 1.44. The summed E-state index contributed by atoms with van der Waals surface area (Å²) in [5.41, 5.74) is 2.07. The van der Waals surface area contributed by atoms with Crippen LogP contribution in [0.3, 0.4) is 0 Å². The number of methoxy groups -OCH3 is 1. The minimum Gasteiger partial charge on any atom is -0.508 e. The molecular weight excluding hydrogens is 330 g/mol. The number of phenols is 1. The quantitative estimate of drug-likeness (QED) is 0.828. The third-order valence-electron chi connectivity index (χ3n) is 4.62. The van der Waals surface area contributed by atoms with E-state index < -0.39 is 0 Å². The maximum absolute atomic E-state index is 12.2. The number of nitrogens with one attached hydrogen (secondary N) is 1. The van der Waals surface area contributed by atoms with Gasteiger partial charge in [-0.15, -0.1) is 0 Å². The van der Waals surface area contributed by atoms with Crippen molar-refractivity contribution < 1.29 is 14.6 Å². The normalized spacial score (nSPS) is 14.9. The second-order valence-corrected chi connectivity index (χ2v) is 6.37. The van der Waals surface area contributed by atoms with Gasteiger partial charge in [0.1, 0.15) is 11.5 Å². The fourth-order valence-electron chi connectivity index (χ4n) is 3.13. The number of carbonyl (C=O) groups is 1. The molecule has 1 fully saturated rings. The molecule has 1 saturated heterocycles. The van der Waals surface area contributed by atoms with Crippen LogP contribution in [0.25, 0.3) is 0 Å². The second kappa shape index (κ2) is 8.58. The van der Waals surface area contributed by atoms with Crippen molar-refractivity contribution in [1.82, 2.24) is 10.2 Å². The number of aromatic hydroxyl groups is 1. The number of phenolic OH excluding ortho intramolecular Hbond substituents is 1. The Morgan fingerprint density at radius 3 is 2.46 bits per heavy atom. The van der Waals surface area contributed by atoms with Gasteiger partial charge in [-0.2, -0.15) is 0 Å². The molecule has 0 aromatic heterocycles. The van der Waals surface area contributed by atoms with Crippen LogP contribution < -0.4 is 15.0 Å². The number of amides is 1. The van der Waals surface area contributed by atoms with Crippen LogP contribution in [-0.2, 0) is 11.3 Å². The maximum atomic E-state index is 12.2. The Morgan fingerprint density at radius 1 is 1.08 bits per heavy atom. The van der Waals surface area contributed by atoms with Crippen molar-refractivity contribution in [3.8, 4) is 11.5 Å². The number of ether oxygens (including phenoxy) is 1. The number of anilines is 1. The van der Waals surface area contributed by atoms with Crippen LogP contribution in [0.1, 0.15) is 5.56 Å². The lowest BCUT2D eigenvalue weighted by atomic mass is 10.2. The number of rotatable bonds is 6. The molecule has 1 aliphatic rings. The van der Waals surface area contributed by atoms with Crippen molar-refractivity contribution in [2.24, 2.45) is 0 Å². The zero-order valence-electron chi connectivity index (χ0n) is 15.0. The van der Waals surface area contributed by atoms with Crippen LogP contribution in [0.4, 0.5) is 5.69 Å². The van der Waals surface area contributed by atoms with E-state index in [-0.39, 0.29) is 11.7 Å². The van der Waals surface area contributed by atoms with E-state index in [4.69, 9.17) is 4.74 Å². The van der Waals surface area contributed by atoms with Crippen LogP contribution in [-0.4, -0.2) is 55.7 Å². The SMILES string of the molecule is COc1ccccc1CNC(=O)CN1CCN(c2ccc(O)cc2)CC1. The van der Waals surface area contributed by atoms with E-state index in [0.717, 1.165) is 43.2 Å². The number of para-hydroxylation sites is 1. The second-order valence-electron chi connectivity index (χ2n) is 6.37. The molecule has 1 aliphatic heterocycles. The molecule has 0 radical (unpaired) electrons. The molecule has 0 saturated carbocycles. The summed E-state index contributed by atoms with van der Waals surface area (Å²) in [7, 11) is 1.63. The van der Waals surface area contributed by atoms with Crippen molar-refractivity contribution in [3.63, 3.8) is 0 Å². The van der Waals surface area contributed by atoms with E-state index in [0.29, 0.717) is 13.1 Å². The number of hydrogen-bond donors (Lipinski definition) is 2. The van der Waals surface area contributed by atoms with Gasteiger partial charge in [0, 0.05) is 44.0 Å². The highest BCUT2D eigenvalue weighted by atomic mass is 16.5. The molecule has 0 atom stereocenters. The third-order valence-corrected chi connectivity index (χ3v) is 4.62. The van der Waals surface area contributed by atoms with Crippen LogP contribution in [0.2, 0.25) is 0 Å². The van der Waals surface area contributed by atoms with Gasteiger partial charge in [-0.25, -0.2) is 0 Å². The lowest BCUT2D eigenvalue weighted by molar-refractivity contribution is -0.122. The Bertz CT molecular complexity index is 725. The van der Waals surface area contributed by atoms with Gasteiger partial charge in [0.2, 0.25) is 5.91 Å². The Morgan fingerprint density at radius 2 is 1.77 bits per heavy atom. The molecule has 6 heteroatoms. The van der Waals surface area contributed by atoms with Crippen LogP contribution >= 0.6 is 0 Å². The summed E-state index contributed by atoms with van der Waals surface area (Å²) in [4.78, 5) is 16.7. The van der Waals surface area contributed by atoms with Gasteiger partial charge >= 0.3 is 0 Å². The first kappa shape index (κ1) is 18.1. The molecule has 0 bridgehead atoms. The van der Waals surface area contributed by atoms with E-state index >= 15 is 0 Å². The predicted octanol–water partition coefficient (Wildman–Crippen LogP) is 1.84. The lowest BCUT2D eigenvalue weighted by Gasteiger charge is -2.35. The van der Waals surface area contributed by atoms with E-state index in [2.05, 4.69) is 15.1 Å². The molecule has 0 spiro atoms. The summed E-state index contributed by atoms with van der Waals surface area (Å²) in [5.74, 6) is 1.09. The first-order valence-corrected chi connectivity index (χ1v) is 8.80. The number of piperazine rings is 1. The number of benzene rings is 2. The van der Waals surface area contributed by atoms with Crippen molar-refractivity contribution in [2.45, 2.75) is 6.54 Å². The first-order valence-electron chi connectivity index (χ1n) is 8.80.